The summed E-state index contributed by atoms with van der Waals surface area (Å²) in [6.07, 6.45) is 4.49. The molecule has 48 heavy (non-hydrogen) atoms. The van der Waals surface area contributed by atoms with Crippen LogP contribution in [-0.4, -0.2) is 9.55 Å². The third-order valence-electron chi connectivity index (χ3n) is 7.45. The second-order valence-corrected chi connectivity index (χ2v) is 12.1. The molecule has 0 aliphatic heterocycles. The first kappa shape index (κ1) is 40.0. The van der Waals surface area contributed by atoms with Crippen molar-refractivity contribution >= 4 is 22.5 Å². The molecule has 0 aliphatic rings. The van der Waals surface area contributed by atoms with Gasteiger partial charge in [0, 0.05) is 18.4 Å². The van der Waals surface area contributed by atoms with Gasteiger partial charge in [-0.1, -0.05) is 95.4 Å². The Hall–Kier alpha value is -4.14. The molecule has 0 fully saturated rings. The molecule has 4 heteroatoms. The molecule has 0 bridgehead atoms. The Balaban J connectivity index is 0.000000292. The van der Waals surface area contributed by atoms with Crippen LogP contribution in [0.15, 0.2) is 134 Å². The van der Waals surface area contributed by atoms with E-state index < -0.39 is 0 Å². The molecule has 6 rings (SSSR count). The molecular formula is C44H51N3Zr-. The summed E-state index contributed by atoms with van der Waals surface area (Å²) in [6.45, 7) is 23.3. The number of para-hydroxylation sites is 1. The number of aryl methyl sites for hydroxylation is 1. The molecule has 2 heterocycles. The number of pyridine rings is 1. The summed E-state index contributed by atoms with van der Waals surface area (Å²) in [6, 6.07) is 42.5. The van der Waals surface area contributed by atoms with Gasteiger partial charge in [-0.05, 0) is 46.5 Å². The molecular weight excluding hydrogens is 662 g/mol. The van der Waals surface area contributed by atoms with E-state index in [0.717, 1.165) is 40.4 Å². The fourth-order valence-corrected chi connectivity index (χ4v) is 4.81. The maximum atomic E-state index is 5.01. The van der Waals surface area contributed by atoms with Crippen LogP contribution in [-0.2, 0) is 32.7 Å². The summed E-state index contributed by atoms with van der Waals surface area (Å²) < 4.78 is 2.25. The molecule has 0 N–H and O–H groups in total. The van der Waals surface area contributed by atoms with Gasteiger partial charge in [-0.15, -0.1) is 36.4 Å². The molecule has 4 aromatic carbocycles. The SMILES string of the molecule is CCCCn1ccc2ccc([N-]c3c(C(C)C)cccc3C(C)C)nc21.[CH2-]c1ccccc1.[CH2-]c1ccccc1.[CH2-]c1ccccc1.[Zr+3]. The smallest absolute Gasteiger partial charge is 0.436 e. The number of hydrogen-bond acceptors (Lipinski definition) is 1. The molecule has 0 atom stereocenters. The van der Waals surface area contributed by atoms with E-state index in [-0.39, 0.29) is 26.2 Å². The number of unbranched alkanes of at least 4 members (excludes halogenated alkanes) is 1. The number of rotatable bonds is 7. The van der Waals surface area contributed by atoms with Crippen LogP contribution < -0.4 is 0 Å². The van der Waals surface area contributed by atoms with Crippen molar-refractivity contribution in [3.63, 3.8) is 0 Å². The number of benzene rings is 4. The Morgan fingerprint density at radius 2 is 1.06 bits per heavy atom. The minimum absolute atomic E-state index is 0. The zero-order chi connectivity index (χ0) is 34.0. The summed E-state index contributed by atoms with van der Waals surface area (Å²) in [7, 11) is 0. The monoisotopic (exact) mass is 711 g/mol. The standard InChI is InChI=1S/C23H30N3.3C7H7.Zr/c1-6-7-14-26-15-13-18-11-12-21(25-23(18)26)24-22-19(16(2)3)9-8-10-20(22)17(4)5;3*1-7-5-3-2-4-6-7;/h8-13,15-17H,6-7,14H2,1-5H3;3*2-6H,1H2;/q4*-1;+3. The van der Waals surface area contributed by atoms with Gasteiger partial charge >= 0.3 is 26.2 Å². The Morgan fingerprint density at radius 3 is 1.44 bits per heavy atom. The number of fused-ring (bicyclic) bond motifs is 1. The van der Waals surface area contributed by atoms with Crippen molar-refractivity contribution in [1.29, 1.82) is 0 Å². The van der Waals surface area contributed by atoms with Gasteiger partial charge in [-0.25, -0.2) is 0 Å². The van der Waals surface area contributed by atoms with Crippen LogP contribution in [0.3, 0.4) is 0 Å². The van der Waals surface area contributed by atoms with E-state index in [4.69, 9.17) is 10.3 Å². The number of nitrogens with zero attached hydrogens (tertiary/aromatic N) is 3. The van der Waals surface area contributed by atoms with Gasteiger partial charge in [-0.3, -0.25) is 0 Å². The average molecular weight is 713 g/mol. The van der Waals surface area contributed by atoms with Crippen molar-refractivity contribution < 1.29 is 26.2 Å². The second kappa shape index (κ2) is 21.7. The van der Waals surface area contributed by atoms with E-state index in [0.29, 0.717) is 11.8 Å². The minimum atomic E-state index is 0. The Labute approximate surface area is 310 Å². The molecule has 0 spiro atoms. The number of aromatic nitrogens is 2. The summed E-state index contributed by atoms with van der Waals surface area (Å²) >= 11 is 0. The first-order valence-corrected chi connectivity index (χ1v) is 16.6. The van der Waals surface area contributed by atoms with E-state index >= 15 is 0 Å². The molecule has 2 aromatic heterocycles. The third kappa shape index (κ3) is 13.5. The van der Waals surface area contributed by atoms with Crippen molar-refractivity contribution in [2.24, 2.45) is 0 Å². The van der Waals surface area contributed by atoms with Crippen LogP contribution in [0, 0.1) is 20.8 Å². The summed E-state index contributed by atoms with van der Waals surface area (Å²) in [5.74, 6) is 1.66. The molecule has 247 valence electrons. The van der Waals surface area contributed by atoms with Gasteiger partial charge in [0.05, 0.1) is 0 Å². The van der Waals surface area contributed by atoms with Gasteiger partial charge in [0.1, 0.15) is 0 Å². The summed E-state index contributed by atoms with van der Waals surface area (Å²) in [4.78, 5) is 4.88. The molecule has 0 saturated carbocycles. The van der Waals surface area contributed by atoms with Gasteiger partial charge in [0.15, 0.2) is 0 Å². The molecule has 0 amide bonds. The van der Waals surface area contributed by atoms with Crippen LogP contribution >= 0.6 is 0 Å². The Kier molecular flexibility index (Phi) is 18.1. The van der Waals surface area contributed by atoms with Crippen LogP contribution in [0.25, 0.3) is 16.4 Å². The Morgan fingerprint density at radius 1 is 0.604 bits per heavy atom. The maximum absolute atomic E-state index is 5.01. The van der Waals surface area contributed by atoms with Crippen molar-refractivity contribution in [3.05, 3.63) is 187 Å². The van der Waals surface area contributed by atoms with Gasteiger partial charge in [-0.2, -0.15) is 73.9 Å². The normalized spacial score (nSPS) is 10.1. The predicted octanol–water partition coefficient (Wildman–Crippen LogP) is 13.0. The first-order chi connectivity index (χ1) is 22.7. The first-order valence-electron chi connectivity index (χ1n) is 16.6. The van der Waals surface area contributed by atoms with Gasteiger partial charge in [0.25, 0.3) is 0 Å². The topological polar surface area (TPSA) is 31.9 Å². The van der Waals surface area contributed by atoms with Gasteiger partial charge < -0.3 is 14.9 Å². The van der Waals surface area contributed by atoms with Crippen molar-refractivity contribution in [2.75, 3.05) is 0 Å². The second-order valence-electron chi connectivity index (χ2n) is 12.1. The zero-order valence-corrected chi connectivity index (χ0v) is 31.9. The molecule has 0 aliphatic carbocycles. The average Bonchev–Trinajstić information content (AvgIpc) is 3.47. The molecule has 6 aromatic rings. The van der Waals surface area contributed by atoms with Gasteiger partial charge in [0.2, 0.25) is 0 Å². The molecule has 0 unspecified atom stereocenters. The predicted molar refractivity (Wildman–Crippen MR) is 205 cm³/mol. The fraction of sp³-hybridized carbons (Fsp3) is 0.227. The molecule has 0 saturated heterocycles. The zero-order valence-electron chi connectivity index (χ0n) is 29.4. The van der Waals surface area contributed by atoms with E-state index in [2.05, 4.69) is 96.5 Å². The van der Waals surface area contributed by atoms with E-state index in [1.165, 1.54) is 29.4 Å². The van der Waals surface area contributed by atoms with Crippen molar-refractivity contribution in [2.45, 2.75) is 65.8 Å². The number of hydrogen-bond donors (Lipinski definition) is 0. The Bertz CT molecular complexity index is 1590. The van der Waals surface area contributed by atoms with Crippen LogP contribution in [0.1, 0.15) is 87.1 Å². The quantitative estimate of drug-likeness (QED) is 0.152. The maximum Gasteiger partial charge on any atom is 3.00 e. The molecule has 3 nitrogen and oxygen atoms in total. The fourth-order valence-electron chi connectivity index (χ4n) is 4.81. The van der Waals surface area contributed by atoms with Crippen LogP contribution in [0.5, 0.6) is 0 Å². The van der Waals surface area contributed by atoms with E-state index in [9.17, 15) is 0 Å². The van der Waals surface area contributed by atoms with Crippen molar-refractivity contribution in [3.8, 4) is 0 Å². The largest absolute Gasteiger partial charge is 3.00 e. The molecule has 1 radical (unpaired) electrons. The van der Waals surface area contributed by atoms with Crippen LogP contribution in [0.2, 0.25) is 0 Å². The summed E-state index contributed by atoms with van der Waals surface area (Å²) in [5.41, 5.74) is 7.93. The third-order valence-corrected chi connectivity index (χ3v) is 7.45. The van der Waals surface area contributed by atoms with Crippen molar-refractivity contribution in [1.82, 2.24) is 9.55 Å². The van der Waals surface area contributed by atoms with Crippen LogP contribution in [0.4, 0.5) is 11.5 Å². The minimum Gasteiger partial charge on any atom is -0.436 e. The summed E-state index contributed by atoms with van der Waals surface area (Å²) in [5, 5.41) is 6.19. The van der Waals surface area contributed by atoms with E-state index in [1.807, 2.05) is 97.1 Å². The van der Waals surface area contributed by atoms with E-state index in [1.54, 1.807) is 0 Å².